The van der Waals surface area contributed by atoms with E-state index in [1.54, 1.807) is 18.4 Å². The minimum atomic E-state index is -0.738. The van der Waals surface area contributed by atoms with Crippen LogP contribution in [-0.4, -0.2) is 23.2 Å². The van der Waals surface area contributed by atoms with Crippen LogP contribution in [0.2, 0.25) is 0 Å². The largest absolute Gasteiger partial charge is 0.481 e. The second-order valence-corrected chi connectivity index (χ2v) is 6.95. The molecule has 1 N–H and O–H groups in total. The number of aliphatic carboxylic acids is 1. The number of rotatable bonds is 3. The van der Waals surface area contributed by atoms with E-state index in [-0.39, 0.29) is 5.60 Å². The second kappa shape index (κ2) is 5.45. The van der Waals surface area contributed by atoms with Crippen molar-refractivity contribution in [3.05, 3.63) is 15.6 Å². The van der Waals surface area contributed by atoms with Gasteiger partial charge in [-0.05, 0) is 32.1 Å². The molecule has 4 nitrogen and oxygen atoms in total. The number of aromatic nitrogens is 1. The van der Waals surface area contributed by atoms with Gasteiger partial charge in [0, 0.05) is 12.0 Å². The quantitative estimate of drug-likeness (QED) is 0.927. The maximum Gasteiger partial charge on any atom is 0.312 e. The zero-order chi connectivity index (χ0) is 14.2. The molecular formula is C15H21NO3S. The van der Waals surface area contributed by atoms with Gasteiger partial charge in [0.2, 0.25) is 0 Å². The average molecular weight is 295 g/mol. The van der Waals surface area contributed by atoms with Gasteiger partial charge in [0.05, 0.1) is 11.6 Å². The van der Waals surface area contributed by atoms with Crippen molar-refractivity contribution >= 4 is 17.3 Å². The minimum Gasteiger partial charge on any atom is -0.481 e. The van der Waals surface area contributed by atoms with Gasteiger partial charge in [-0.2, -0.15) is 0 Å². The third-order valence-corrected chi connectivity index (χ3v) is 6.01. The first-order chi connectivity index (χ1) is 9.66. The third kappa shape index (κ3) is 2.27. The van der Waals surface area contributed by atoms with Gasteiger partial charge in [0.25, 0.3) is 0 Å². The maximum atomic E-state index is 11.4. The molecular weight excluding hydrogens is 274 g/mol. The lowest BCUT2D eigenvalue weighted by molar-refractivity contribution is -0.139. The van der Waals surface area contributed by atoms with E-state index in [1.165, 1.54) is 24.1 Å². The van der Waals surface area contributed by atoms with Gasteiger partial charge in [-0.15, -0.1) is 11.3 Å². The van der Waals surface area contributed by atoms with E-state index < -0.39 is 11.9 Å². The van der Waals surface area contributed by atoms with E-state index in [1.807, 2.05) is 0 Å². The number of carbonyl (C=O) groups is 1. The lowest BCUT2D eigenvalue weighted by Gasteiger charge is -2.34. The predicted molar refractivity (Wildman–Crippen MR) is 77.2 cm³/mol. The molecule has 1 unspecified atom stereocenters. The van der Waals surface area contributed by atoms with Crippen LogP contribution in [0, 0.1) is 0 Å². The zero-order valence-electron chi connectivity index (χ0n) is 11.9. The van der Waals surface area contributed by atoms with E-state index in [0.717, 1.165) is 36.4 Å². The number of methoxy groups -OCH3 is 1. The number of fused-ring (bicyclic) bond motifs is 1. The Hall–Kier alpha value is -0.940. The molecule has 0 saturated heterocycles. The summed E-state index contributed by atoms with van der Waals surface area (Å²) in [6, 6.07) is 0. The summed E-state index contributed by atoms with van der Waals surface area (Å²) in [5, 5.41) is 10.4. The first-order valence-electron chi connectivity index (χ1n) is 7.44. The summed E-state index contributed by atoms with van der Waals surface area (Å²) in [5.41, 5.74) is 0.550. The maximum absolute atomic E-state index is 11.4. The number of hydrogen-bond donors (Lipinski definition) is 1. The van der Waals surface area contributed by atoms with Crippen LogP contribution in [0.3, 0.4) is 0 Å². The number of thiazole rings is 1. The molecule has 2 aliphatic rings. The second-order valence-electron chi connectivity index (χ2n) is 5.87. The molecule has 5 heteroatoms. The lowest BCUT2D eigenvalue weighted by Crippen LogP contribution is -2.31. The normalized spacial score (nSPS) is 25.1. The van der Waals surface area contributed by atoms with Crippen molar-refractivity contribution in [1.82, 2.24) is 4.98 Å². The van der Waals surface area contributed by atoms with E-state index in [4.69, 9.17) is 9.72 Å². The van der Waals surface area contributed by atoms with Crippen molar-refractivity contribution in [3.8, 4) is 0 Å². The molecule has 1 atom stereocenters. The van der Waals surface area contributed by atoms with Crippen molar-refractivity contribution in [2.45, 2.75) is 62.9 Å². The zero-order valence-corrected chi connectivity index (χ0v) is 12.7. The molecule has 0 amide bonds. The average Bonchev–Trinajstić information content (AvgIpc) is 2.92. The highest BCUT2D eigenvalue weighted by atomic mass is 32.1. The number of carboxylic acids is 1. The highest BCUT2D eigenvalue weighted by Gasteiger charge is 2.39. The Morgan fingerprint density at radius 3 is 2.75 bits per heavy atom. The van der Waals surface area contributed by atoms with Crippen LogP contribution in [-0.2, 0) is 21.6 Å². The molecule has 2 aliphatic carbocycles. The monoisotopic (exact) mass is 295 g/mol. The van der Waals surface area contributed by atoms with E-state index in [0.29, 0.717) is 6.42 Å². The molecule has 0 radical (unpaired) electrons. The third-order valence-electron chi connectivity index (χ3n) is 4.69. The summed E-state index contributed by atoms with van der Waals surface area (Å²) in [6.07, 6.45) is 8.24. The van der Waals surface area contributed by atoms with E-state index in [9.17, 15) is 9.90 Å². The highest BCUT2D eigenvalue weighted by Crippen LogP contribution is 2.45. The number of nitrogens with zero attached hydrogens (tertiary/aromatic N) is 1. The van der Waals surface area contributed by atoms with E-state index in [2.05, 4.69) is 0 Å². The SMILES string of the molecule is COC1(c2nc3c(s2)CCCC3C(=O)O)CCCCC1. The molecule has 0 aromatic carbocycles. The number of hydrogen-bond acceptors (Lipinski definition) is 4. The molecule has 1 fully saturated rings. The molecule has 20 heavy (non-hydrogen) atoms. The van der Waals surface area contributed by atoms with Crippen LogP contribution in [0.15, 0.2) is 0 Å². The molecule has 0 aliphatic heterocycles. The van der Waals surface area contributed by atoms with Crippen molar-refractivity contribution in [1.29, 1.82) is 0 Å². The van der Waals surface area contributed by atoms with Crippen molar-refractivity contribution in [2.75, 3.05) is 7.11 Å². The standard InChI is InChI=1S/C15H21NO3S/c1-19-15(8-3-2-4-9-15)14-16-12-10(13(17)18)6-5-7-11(12)20-14/h10H,2-9H2,1H3,(H,17,18). The van der Waals surface area contributed by atoms with Crippen LogP contribution in [0.25, 0.3) is 0 Å². The first kappa shape index (κ1) is 14.0. The molecule has 0 bridgehead atoms. The van der Waals surface area contributed by atoms with Crippen LogP contribution in [0.5, 0.6) is 0 Å². The highest BCUT2D eigenvalue weighted by molar-refractivity contribution is 7.11. The Bertz CT molecular complexity index is 505. The Morgan fingerprint density at radius 2 is 2.10 bits per heavy atom. The predicted octanol–water partition coefficient (Wildman–Crippen LogP) is 3.45. The lowest BCUT2D eigenvalue weighted by atomic mass is 9.85. The Morgan fingerprint density at radius 1 is 1.35 bits per heavy atom. The molecule has 0 spiro atoms. The van der Waals surface area contributed by atoms with Gasteiger partial charge in [-0.25, -0.2) is 4.98 Å². The first-order valence-corrected chi connectivity index (χ1v) is 8.26. The van der Waals surface area contributed by atoms with Gasteiger partial charge < -0.3 is 9.84 Å². The smallest absolute Gasteiger partial charge is 0.312 e. The fourth-order valence-corrected chi connectivity index (χ4v) is 4.87. The van der Waals surface area contributed by atoms with Gasteiger partial charge in [0.15, 0.2) is 0 Å². The van der Waals surface area contributed by atoms with E-state index >= 15 is 0 Å². The summed E-state index contributed by atoms with van der Waals surface area (Å²) in [7, 11) is 1.76. The van der Waals surface area contributed by atoms with Crippen molar-refractivity contribution < 1.29 is 14.6 Å². The summed E-state index contributed by atoms with van der Waals surface area (Å²) in [4.78, 5) is 17.3. The van der Waals surface area contributed by atoms with Gasteiger partial charge >= 0.3 is 5.97 Å². The summed E-state index contributed by atoms with van der Waals surface area (Å²) in [5.74, 6) is -1.15. The fraction of sp³-hybridized carbons (Fsp3) is 0.733. The summed E-state index contributed by atoms with van der Waals surface area (Å²) < 4.78 is 5.84. The van der Waals surface area contributed by atoms with Crippen LogP contribution in [0.4, 0.5) is 0 Å². The Kier molecular flexibility index (Phi) is 3.82. The fourth-order valence-electron chi connectivity index (χ4n) is 3.48. The molecule has 1 aromatic rings. The Labute approximate surface area is 123 Å². The van der Waals surface area contributed by atoms with Crippen LogP contribution in [0.1, 0.15) is 66.4 Å². The minimum absolute atomic E-state index is 0.261. The van der Waals surface area contributed by atoms with Crippen LogP contribution >= 0.6 is 11.3 Å². The van der Waals surface area contributed by atoms with Gasteiger partial charge in [-0.1, -0.05) is 19.3 Å². The topological polar surface area (TPSA) is 59.4 Å². The Balaban J connectivity index is 1.97. The molecule has 1 aromatic heterocycles. The number of carboxylic acid groups (broad SMARTS) is 1. The van der Waals surface area contributed by atoms with Gasteiger partial charge in [0.1, 0.15) is 10.6 Å². The molecule has 110 valence electrons. The number of aryl methyl sites for hydroxylation is 1. The molecule has 3 rings (SSSR count). The molecule has 1 heterocycles. The number of ether oxygens (including phenoxy) is 1. The van der Waals surface area contributed by atoms with Gasteiger partial charge in [-0.3, -0.25) is 4.79 Å². The molecule has 1 saturated carbocycles. The van der Waals surface area contributed by atoms with Crippen molar-refractivity contribution in [2.24, 2.45) is 0 Å². The van der Waals surface area contributed by atoms with Crippen molar-refractivity contribution in [3.63, 3.8) is 0 Å². The summed E-state index contributed by atoms with van der Waals surface area (Å²) in [6.45, 7) is 0. The van der Waals surface area contributed by atoms with Crippen LogP contribution < -0.4 is 0 Å². The summed E-state index contributed by atoms with van der Waals surface area (Å²) >= 11 is 1.69.